The van der Waals surface area contributed by atoms with E-state index < -0.39 is 0 Å². The summed E-state index contributed by atoms with van der Waals surface area (Å²) in [5.74, 6) is 2.19. The summed E-state index contributed by atoms with van der Waals surface area (Å²) in [4.78, 5) is 18.9. The first-order valence-electron chi connectivity index (χ1n) is 9.07. The van der Waals surface area contributed by atoms with Gasteiger partial charge < -0.3 is 19.7 Å². The van der Waals surface area contributed by atoms with E-state index in [9.17, 15) is 4.79 Å². The van der Waals surface area contributed by atoms with Crippen LogP contribution < -0.4 is 19.7 Å². The van der Waals surface area contributed by atoms with Gasteiger partial charge in [0.25, 0.3) is 0 Å². The summed E-state index contributed by atoms with van der Waals surface area (Å²) in [6.07, 6.45) is 7.46. The number of rotatable bonds is 7. The molecule has 142 valence electrons. The fraction of sp³-hybridized carbons (Fsp3) is 0.333. The van der Waals surface area contributed by atoms with Crippen LogP contribution in [0.2, 0.25) is 0 Å². The Morgan fingerprint density at radius 3 is 2.74 bits per heavy atom. The predicted molar refractivity (Wildman–Crippen MR) is 106 cm³/mol. The highest BCUT2D eigenvalue weighted by Crippen LogP contribution is 2.25. The number of benzene rings is 1. The number of nitrogens with zero attached hydrogens (tertiary/aromatic N) is 2. The standard InChI is InChI=1S/C21H25N3O3/c1-26-18-7-5-17(19(14-18)27-2)6-8-21(25)23-15-16-9-10-22-20(13-16)24-11-3-4-12-24/h5-10,13-14H,3-4,11-12,15H2,1-2H3,(H,23,25)/b8-6+. The van der Waals surface area contributed by atoms with Crippen molar-refractivity contribution < 1.29 is 14.3 Å². The molecule has 1 fully saturated rings. The van der Waals surface area contributed by atoms with Gasteiger partial charge in [0.15, 0.2) is 0 Å². The van der Waals surface area contributed by atoms with E-state index in [1.165, 1.54) is 18.9 Å². The molecule has 1 N–H and O–H groups in total. The fourth-order valence-electron chi connectivity index (χ4n) is 3.06. The van der Waals surface area contributed by atoms with Gasteiger partial charge in [0, 0.05) is 43.5 Å². The van der Waals surface area contributed by atoms with E-state index in [0.717, 1.165) is 30.0 Å². The maximum Gasteiger partial charge on any atom is 0.244 e. The van der Waals surface area contributed by atoms with Gasteiger partial charge in [-0.25, -0.2) is 4.98 Å². The van der Waals surface area contributed by atoms with E-state index in [4.69, 9.17) is 9.47 Å². The Balaban J connectivity index is 1.58. The molecule has 0 spiro atoms. The van der Waals surface area contributed by atoms with Crippen LogP contribution in [0.4, 0.5) is 5.82 Å². The lowest BCUT2D eigenvalue weighted by Gasteiger charge is -2.16. The van der Waals surface area contributed by atoms with Gasteiger partial charge in [-0.1, -0.05) is 0 Å². The SMILES string of the molecule is COc1ccc(/C=C/C(=O)NCc2ccnc(N3CCCC3)c2)c(OC)c1. The summed E-state index contributed by atoms with van der Waals surface area (Å²) in [6.45, 7) is 2.57. The predicted octanol–water partition coefficient (Wildman–Crippen LogP) is 3.03. The van der Waals surface area contributed by atoms with Gasteiger partial charge in [-0.05, 0) is 48.7 Å². The van der Waals surface area contributed by atoms with Gasteiger partial charge in [-0.3, -0.25) is 4.79 Å². The summed E-state index contributed by atoms with van der Waals surface area (Å²) in [6, 6.07) is 9.44. The molecule has 1 aliphatic rings. The number of ether oxygens (including phenoxy) is 2. The molecule has 6 nitrogen and oxygen atoms in total. The zero-order chi connectivity index (χ0) is 19.1. The topological polar surface area (TPSA) is 63.7 Å². The number of amides is 1. The van der Waals surface area contributed by atoms with E-state index in [2.05, 4.69) is 15.2 Å². The Labute approximate surface area is 159 Å². The van der Waals surface area contributed by atoms with E-state index >= 15 is 0 Å². The Hall–Kier alpha value is -3.02. The van der Waals surface area contributed by atoms with Crippen LogP contribution in [-0.2, 0) is 11.3 Å². The number of pyridine rings is 1. The summed E-state index contributed by atoms with van der Waals surface area (Å²) >= 11 is 0. The Kier molecular flexibility index (Phi) is 6.30. The molecule has 2 aromatic rings. The van der Waals surface area contributed by atoms with Gasteiger partial charge >= 0.3 is 0 Å². The monoisotopic (exact) mass is 367 g/mol. The van der Waals surface area contributed by atoms with Crippen LogP contribution in [0.25, 0.3) is 6.08 Å². The first-order valence-corrected chi connectivity index (χ1v) is 9.07. The lowest BCUT2D eigenvalue weighted by Crippen LogP contribution is -2.22. The van der Waals surface area contributed by atoms with E-state index in [1.807, 2.05) is 24.3 Å². The highest BCUT2D eigenvalue weighted by atomic mass is 16.5. The number of methoxy groups -OCH3 is 2. The minimum absolute atomic E-state index is 0.160. The molecule has 1 aromatic carbocycles. The van der Waals surface area contributed by atoms with Crippen LogP contribution in [0, 0.1) is 0 Å². The minimum atomic E-state index is -0.160. The number of aromatic nitrogens is 1. The molecule has 3 rings (SSSR count). The van der Waals surface area contributed by atoms with Crippen LogP contribution in [-0.4, -0.2) is 38.2 Å². The lowest BCUT2D eigenvalue weighted by atomic mass is 10.1. The van der Waals surface area contributed by atoms with Gasteiger partial charge in [0.1, 0.15) is 17.3 Å². The summed E-state index contributed by atoms with van der Waals surface area (Å²) in [5.41, 5.74) is 1.85. The molecule has 1 saturated heterocycles. The first-order chi connectivity index (χ1) is 13.2. The minimum Gasteiger partial charge on any atom is -0.497 e. The highest BCUT2D eigenvalue weighted by Gasteiger charge is 2.13. The molecule has 0 aliphatic carbocycles. The van der Waals surface area contributed by atoms with Crippen molar-refractivity contribution in [1.29, 1.82) is 0 Å². The Morgan fingerprint density at radius 1 is 1.19 bits per heavy atom. The van der Waals surface area contributed by atoms with Crippen LogP contribution in [0.5, 0.6) is 11.5 Å². The smallest absolute Gasteiger partial charge is 0.244 e. The third-order valence-corrected chi connectivity index (χ3v) is 4.56. The molecule has 0 bridgehead atoms. The zero-order valence-electron chi connectivity index (χ0n) is 15.8. The number of carbonyl (C=O) groups excluding carboxylic acids is 1. The summed E-state index contributed by atoms with van der Waals surface area (Å²) < 4.78 is 10.5. The summed E-state index contributed by atoms with van der Waals surface area (Å²) in [7, 11) is 3.19. The van der Waals surface area contributed by atoms with Crippen molar-refractivity contribution in [2.45, 2.75) is 19.4 Å². The van der Waals surface area contributed by atoms with E-state index in [1.54, 1.807) is 32.6 Å². The molecule has 1 amide bonds. The van der Waals surface area contributed by atoms with Crippen LogP contribution in [0.1, 0.15) is 24.0 Å². The second-order valence-corrected chi connectivity index (χ2v) is 6.38. The molecule has 0 atom stereocenters. The average Bonchev–Trinajstić information content (AvgIpc) is 3.25. The number of anilines is 1. The van der Waals surface area contributed by atoms with E-state index in [0.29, 0.717) is 18.0 Å². The van der Waals surface area contributed by atoms with Crippen molar-refractivity contribution >= 4 is 17.8 Å². The number of carbonyl (C=O) groups is 1. The normalized spacial score (nSPS) is 13.8. The van der Waals surface area contributed by atoms with Crippen molar-refractivity contribution in [2.24, 2.45) is 0 Å². The zero-order valence-corrected chi connectivity index (χ0v) is 15.8. The molecular weight excluding hydrogens is 342 g/mol. The van der Waals surface area contributed by atoms with E-state index in [-0.39, 0.29) is 5.91 Å². The van der Waals surface area contributed by atoms with Crippen LogP contribution in [0.3, 0.4) is 0 Å². The molecule has 6 heteroatoms. The van der Waals surface area contributed by atoms with Crippen molar-refractivity contribution in [3.05, 3.63) is 53.7 Å². The molecule has 2 heterocycles. The molecular formula is C21H25N3O3. The third-order valence-electron chi connectivity index (χ3n) is 4.56. The quantitative estimate of drug-likeness (QED) is 0.762. The Bertz CT molecular complexity index is 814. The van der Waals surface area contributed by atoms with Gasteiger partial charge in [-0.15, -0.1) is 0 Å². The molecule has 0 unspecified atom stereocenters. The van der Waals surface area contributed by atoms with Gasteiger partial charge in [-0.2, -0.15) is 0 Å². The lowest BCUT2D eigenvalue weighted by molar-refractivity contribution is -0.116. The number of nitrogens with one attached hydrogen (secondary N) is 1. The van der Waals surface area contributed by atoms with Gasteiger partial charge in [0.2, 0.25) is 5.91 Å². The average molecular weight is 367 g/mol. The Morgan fingerprint density at radius 2 is 2.00 bits per heavy atom. The third kappa shape index (κ3) is 5.00. The van der Waals surface area contributed by atoms with Crippen molar-refractivity contribution in [2.75, 3.05) is 32.2 Å². The highest BCUT2D eigenvalue weighted by molar-refractivity contribution is 5.92. The second-order valence-electron chi connectivity index (χ2n) is 6.38. The maximum absolute atomic E-state index is 12.2. The first kappa shape index (κ1) is 18.8. The number of hydrogen-bond donors (Lipinski definition) is 1. The summed E-state index contributed by atoms with van der Waals surface area (Å²) in [5, 5.41) is 2.91. The molecule has 27 heavy (non-hydrogen) atoms. The second kappa shape index (κ2) is 9.07. The fourth-order valence-corrected chi connectivity index (χ4v) is 3.06. The number of hydrogen-bond acceptors (Lipinski definition) is 5. The van der Waals surface area contributed by atoms with Crippen LogP contribution in [0.15, 0.2) is 42.6 Å². The molecule has 0 radical (unpaired) electrons. The molecule has 1 aliphatic heterocycles. The van der Waals surface area contributed by atoms with Crippen molar-refractivity contribution in [3.8, 4) is 11.5 Å². The van der Waals surface area contributed by atoms with Crippen molar-refractivity contribution in [1.82, 2.24) is 10.3 Å². The van der Waals surface area contributed by atoms with Gasteiger partial charge in [0.05, 0.1) is 14.2 Å². The molecule has 1 aromatic heterocycles. The molecule has 0 saturated carbocycles. The van der Waals surface area contributed by atoms with Crippen LogP contribution >= 0.6 is 0 Å². The maximum atomic E-state index is 12.2. The van der Waals surface area contributed by atoms with Crippen molar-refractivity contribution in [3.63, 3.8) is 0 Å². The largest absolute Gasteiger partial charge is 0.497 e.